The molecule has 1 aliphatic rings. The molecule has 7 nitrogen and oxygen atoms in total. The Balaban J connectivity index is 1.63. The number of nitrogens with zero attached hydrogens (tertiary/aromatic N) is 3. The standard InChI is InChI=1S/C27H24N4O3S/c1-17-23(26-29-25(30-34-26)19-12-14-21(33-2)15-13-19)24(18-8-5-4-6-9-18)28-27(32)31(17)20-10-7-11-22(16-20)35-3/h4-16,24H,1-3H3,(H,28,32). The molecule has 2 heterocycles. The summed E-state index contributed by atoms with van der Waals surface area (Å²) in [4.78, 5) is 20.8. The maximum atomic E-state index is 13.3. The largest absolute Gasteiger partial charge is 0.497 e. The number of benzene rings is 3. The Morgan fingerprint density at radius 1 is 1.03 bits per heavy atom. The Hall–Kier alpha value is -4.04. The molecule has 0 spiro atoms. The summed E-state index contributed by atoms with van der Waals surface area (Å²) in [6.07, 6.45) is 2.01. The van der Waals surface area contributed by atoms with Crippen LogP contribution in [-0.4, -0.2) is 29.5 Å². The summed E-state index contributed by atoms with van der Waals surface area (Å²) in [6.45, 7) is 1.91. The first-order valence-electron chi connectivity index (χ1n) is 11.1. The minimum atomic E-state index is -0.437. The highest BCUT2D eigenvalue weighted by molar-refractivity contribution is 7.98. The summed E-state index contributed by atoms with van der Waals surface area (Å²) in [5.74, 6) is 1.56. The summed E-state index contributed by atoms with van der Waals surface area (Å²) < 4.78 is 11.0. The number of anilines is 1. The number of ether oxygens (including phenoxy) is 1. The molecule has 0 saturated carbocycles. The molecule has 1 aromatic heterocycles. The average Bonchev–Trinajstić information content (AvgIpc) is 3.39. The molecule has 1 aliphatic heterocycles. The maximum absolute atomic E-state index is 13.3. The van der Waals surface area contributed by atoms with Gasteiger partial charge >= 0.3 is 6.03 Å². The van der Waals surface area contributed by atoms with Gasteiger partial charge in [0.1, 0.15) is 5.75 Å². The summed E-state index contributed by atoms with van der Waals surface area (Å²) in [5.41, 5.74) is 3.98. The molecule has 5 rings (SSSR count). The van der Waals surface area contributed by atoms with Crippen molar-refractivity contribution in [3.63, 3.8) is 0 Å². The zero-order chi connectivity index (χ0) is 24.4. The van der Waals surface area contributed by atoms with Crippen molar-refractivity contribution in [3.05, 3.63) is 96.0 Å². The molecule has 0 fully saturated rings. The van der Waals surface area contributed by atoms with Gasteiger partial charge in [-0.3, -0.25) is 4.90 Å². The summed E-state index contributed by atoms with van der Waals surface area (Å²) in [7, 11) is 1.62. The predicted octanol–water partition coefficient (Wildman–Crippen LogP) is 6.17. The van der Waals surface area contributed by atoms with Crippen LogP contribution in [0.3, 0.4) is 0 Å². The van der Waals surface area contributed by atoms with Crippen LogP contribution in [0.1, 0.15) is 24.4 Å². The molecule has 0 saturated heterocycles. The second-order valence-electron chi connectivity index (χ2n) is 7.98. The van der Waals surface area contributed by atoms with Gasteiger partial charge in [0.25, 0.3) is 5.89 Å². The van der Waals surface area contributed by atoms with Crippen LogP contribution in [0.5, 0.6) is 5.75 Å². The Morgan fingerprint density at radius 3 is 2.51 bits per heavy atom. The van der Waals surface area contributed by atoms with Crippen molar-refractivity contribution in [2.24, 2.45) is 0 Å². The van der Waals surface area contributed by atoms with E-state index in [0.29, 0.717) is 11.7 Å². The van der Waals surface area contributed by atoms with Crippen LogP contribution in [0.2, 0.25) is 0 Å². The maximum Gasteiger partial charge on any atom is 0.326 e. The fourth-order valence-corrected chi connectivity index (χ4v) is 4.62. The van der Waals surface area contributed by atoms with Gasteiger partial charge in [0.05, 0.1) is 24.4 Å². The second-order valence-corrected chi connectivity index (χ2v) is 8.86. The van der Waals surface area contributed by atoms with Gasteiger partial charge in [-0.15, -0.1) is 11.8 Å². The van der Waals surface area contributed by atoms with E-state index >= 15 is 0 Å². The second kappa shape index (κ2) is 9.68. The number of hydrogen-bond acceptors (Lipinski definition) is 6. The molecule has 0 radical (unpaired) electrons. The SMILES string of the molecule is COc1ccc(-c2noc(C3=C(C)N(c4cccc(SC)c4)C(=O)NC3c3ccccc3)n2)cc1. The fraction of sp³-hybridized carbons (Fsp3) is 0.148. The lowest BCUT2D eigenvalue weighted by molar-refractivity contribution is 0.244. The highest BCUT2D eigenvalue weighted by Gasteiger charge is 2.36. The van der Waals surface area contributed by atoms with E-state index in [4.69, 9.17) is 14.2 Å². The van der Waals surface area contributed by atoms with Gasteiger partial charge in [-0.2, -0.15) is 4.98 Å². The van der Waals surface area contributed by atoms with E-state index in [9.17, 15) is 4.79 Å². The van der Waals surface area contributed by atoms with Crippen molar-refractivity contribution < 1.29 is 14.1 Å². The van der Waals surface area contributed by atoms with Crippen molar-refractivity contribution in [3.8, 4) is 17.1 Å². The highest BCUT2D eigenvalue weighted by Crippen LogP contribution is 2.39. The van der Waals surface area contributed by atoms with Crippen LogP contribution in [0.15, 0.2) is 94.0 Å². The number of methoxy groups -OCH3 is 1. The Kier molecular flexibility index (Phi) is 6.29. The molecule has 0 aliphatic carbocycles. The number of hydrogen-bond donors (Lipinski definition) is 1. The molecule has 176 valence electrons. The predicted molar refractivity (Wildman–Crippen MR) is 137 cm³/mol. The Bertz CT molecular complexity index is 1380. The number of rotatable bonds is 6. The summed E-state index contributed by atoms with van der Waals surface area (Å²) >= 11 is 1.62. The van der Waals surface area contributed by atoms with E-state index in [1.54, 1.807) is 23.8 Å². The molecule has 4 aromatic rings. The highest BCUT2D eigenvalue weighted by atomic mass is 32.2. The van der Waals surface area contributed by atoms with E-state index in [-0.39, 0.29) is 6.03 Å². The molecule has 2 amide bonds. The number of carbonyl (C=O) groups excluding carboxylic acids is 1. The van der Waals surface area contributed by atoms with Gasteiger partial charge in [0, 0.05) is 16.2 Å². The molecule has 8 heteroatoms. The Labute approximate surface area is 207 Å². The van der Waals surface area contributed by atoms with Gasteiger partial charge in [-0.05, 0) is 61.2 Å². The van der Waals surface area contributed by atoms with Gasteiger partial charge in [-0.25, -0.2) is 4.79 Å². The van der Waals surface area contributed by atoms with Crippen LogP contribution in [0.25, 0.3) is 17.0 Å². The minimum Gasteiger partial charge on any atom is -0.497 e. The first-order valence-corrected chi connectivity index (χ1v) is 12.3. The number of nitrogens with one attached hydrogen (secondary N) is 1. The molecule has 1 atom stereocenters. The monoisotopic (exact) mass is 484 g/mol. The quantitative estimate of drug-likeness (QED) is 0.330. The first-order chi connectivity index (χ1) is 17.1. The third kappa shape index (κ3) is 4.40. The molecule has 1 N–H and O–H groups in total. The molecule has 35 heavy (non-hydrogen) atoms. The Morgan fingerprint density at radius 2 is 1.80 bits per heavy atom. The number of carbonyl (C=O) groups is 1. The third-order valence-corrected chi connectivity index (χ3v) is 6.66. The van der Waals surface area contributed by atoms with Gasteiger partial charge in [-0.1, -0.05) is 41.6 Å². The van der Waals surface area contributed by atoms with Crippen LogP contribution in [0, 0.1) is 0 Å². The van der Waals surface area contributed by atoms with Crippen LogP contribution in [0.4, 0.5) is 10.5 Å². The minimum absolute atomic E-state index is 0.215. The first kappa shape index (κ1) is 22.7. The van der Waals surface area contributed by atoms with Crippen LogP contribution >= 0.6 is 11.8 Å². The number of aromatic nitrogens is 2. The van der Waals surface area contributed by atoms with Crippen molar-refractivity contribution in [1.82, 2.24) is 15.5 Å². The number of thioether (sulfide) groups is 1. The topological polar surface area (TPSA) is 80.5 Å². The van der Waals surface area contributed by atoms with E-state index in [1.165, 1.54) is 0 Å². The number of urea groups is 1. The van der Waals surface area contributed by atoms with Crippen molar-refractivity contribution in [2.45, 2.75) is 17.9 Å². The zero-order valence-corrected chi connectivity index (χ0v) is 20.4. The number of allylic oxidation sites excluding steroid dienone is 1. The summed E-state index contributed by atoms with van der Waals surface area (Å²) in [5, 5.41) is 7.37. The molecule has 0 bridgehead atoms. The fourth-order valence-electron chi connectivity index (χ4n) is 4.17. The van der Waals surface area contributed by atoms with E-state index in [1.807, 2.05) is 92.0 Å². The van der Waals surface area contributed by atoms with Crippen LogP contribution < -0.4 is 15.0 Å². The van der Waals surface area contributed by atoms with Gasteiger partial charge < -0.3 is 14.6 Å². The lowest BCUT2D eigenvalue weighted by Gasteiger charge is -2.35. The van der Waals surface area contributed by atoms with E-state index < -0.39 is 6.04 Å². The smallest absolute Gasteiger partial charge is 0.326 e. The van der Waals surface area contributed by atoms with E-state index in [0.717, 1.165) is 38.7 Å². The normalized spacial score (nSPS) is 15.8. The molecular formula is C27H24N4O3S. The van der Waals surface area contributed by atoms with Crippen molar-refractivity contribution >= 4 is 29.1 Å². The van der Waals surface area contributed by atoms with E-state index in [2.05, 4.69) is 10.5 Å². The lowest BCUT2D eigenvalue weighted by Crippen LogP contribution is -2.46. The summed E-state index contributed by atoms with van der Waals surface area (Å²) in [6, 6.07) is 24.5. The van der Waals surface area contributed by atoms with Gasteiger partial charge in [0.15, 0.2) is 0 Å². The van der Waals surface area contributed by atoms with Crippen molar-refractivity contribution in [1.29, 1.82) is 0 Å². The third-order valence-electron chi connectivity index (χ3n) is 5.93. The van der Waals surface area contributed by atoms with Gasteiger partial charge in [0.2, 0.25) is 5.82 Å². The van der Waals surface area contributed by atoms with Crippen molar-refractivity contribution in [2.75, 3.05) is 18.3 Å². The molecule has 1 unspecified atom stereocenters. The molecule has 3 aromatic carbocycles. The average molecular weight is 485 g/mol. The van der Waals surface area contributed by atoms with Crippen LogP contribution in [-0.2, 0) is 0 Å². The molecular weight excluding hydrogens is 460 g/mol. The lowest BCUT2D eigenvalue weighted by atomic mass is 9.94. The number of amides is 2. The zero-order valence-electron chi connectivity index (χ0n) is 19.6.